The number of carbonyl (C=O) groups excluding carboxylic acids is 2. The smallest absolute Gasteiger partial charge is 0.234 e. The molecule has 2 aromatic rings. The topological polar surface area (TPSA) is 55.4 Å². The van der Waals surface area contributed by atoms with Crippen molar-refractivity contribution in [3.63, 3.8) is 0 Å². The molecule has 0 aromatic heterocycles. The first-order valence-electron chi connectivity index (χ1n) is 7.30. The SMILES string of the molecule is COc1ccc(CSCC(=O)Nc2cccc(C(C)=O)c2)cc1Br. The second-order valence-corrected chi connectivity index (χ2v) is 6.99. The summed E-state index contributed by atoms with van der Waals surface area (Å²) in [6.45, 7) is 1.50. The minimum atomic E-state index is -0.0896. The fourth-order valence-electron chi connectivity index (χ4n) is 2.07. The van der Waals surface area contributed by atoms with E-state index in [9.17, 15) is 9.59 Å². The molecule has 0 spiro atoms. The second-order valence-electron chi connectivity index (χ2n) is 5.15. The number of hydrogen-bond acceptors (Lipinski definition) is 4. The molecule has 0 radical (unpaired) electrons. The molecule has 0 heterocycles. The number of amides is 1. The number of carbonyl (C=O) groups is 2. The van der Waals surface area contributed by atoms with E-state index in [0.717, 1.165) is 21.5 Å². The highest BCUT2D eigenvalue weighted by Gasteiger charge is 2.06. The Labute approximate surface area is 154 Å². The summed E-state index contributed by atoms with van der Waals surface area (Å²) in [5.41, 5.74) is 2.34. The molecule has 0 saturated heterocycles. The lowest BCUT2D eigenvalue weighted by molar-refractivity contribution is -0.113. The lowest BCUT2D eigenvalue weighted by Crippen LogP contribution is -2.14. The first kappa shape index (κ1) is 18.5. The van der Waals surface area contributed by atoms with Crippen molar-refractivity contribution in [2.24, 2.45) is 0 Å². The van der Waals surface area contributed by atoms with E-state index in [1.165, 1.54) is 18.7 Å². The molecule has 2 aromatic carbocycles. The van der Waals surface area contributed by atoms with Crippen LogP contribution in [0, 0.1) is 0 Å². The lowest BCUT2D eigenvalue weighted by atomic mass is 10.1. The summed E-state index contributed by atoms with van der Waals surface area (Å²) < 4.78 is 6.09. The van der Waals surface area contributed by atoms with Crippen LogP contribution in [0.25, 0.3) is 0 Å². The monoisotopic (exact) mass is 407 g/mol. The highest BCUT2D eigenvalue weighted by Crippen LogP contribution is 2.27. The Kier molecular flexibility index (Phi) is 6.87. The highest BCUT2D eigenvalue weighted by molar-refractivity contribution is 9.10. The number of ether oxygens (including phenoxy) is 1. The summed E-state index contributed by atoms with van der Waals surface area (Å²) in [7, 11) is 1.62. The van der Waals surface area contributed by atoms with Gasteiger partial charge in [-0.2, -0.15) is 0 Å². The number of anilines is 1. The number of hydrogen-bond donors (Lipinski definition) is 1. The van der Waals surface area contributed by atoms with Gasteiger partial charge in [-0.3, -0.25) is 9.59 Å². The Morgan fingerprint density at radius 1 is 1.21 bits per heavy atom. The minimum Gasteiger partial charge on any atom is -0.496 e. The van der Waals surface area contributed by atoms with Crippen LogP contribution in [-0.2, 0) is 10.5 Å². The largest absolute Gasteiger partial charge is 0.496 e. The maximum atomic E-state index is 12.0. The van der Waals surface area contributed by atoms with Gasteiger partial charge in [0.05, 0.1) is 17.3 Å². The van der Waals surface area contributed by atoms with Crippen molar-refractivity contribution in [3.05, 3.63) is 58.1 Å². The van der Waals surface area contributed by atoms with E-state index in [4.69, 9.17) is 4.74 Å². The highest BCUT2D eigenvalue weighted by atomic mass is 79.9. The van der Waals surface area contributed by atoms with Gasteiger partial charge in [-0.15, -0.1) is 11.8 Å². The van der Waals surface area contributed by atoms with Crippen molar-refractivity contribution < 1.29 is 14.3 Å². The zero-order chi connectivity index (χ0) is 17.5. The summed E-state index contributed by atoms with van der Waals surface area (Å²) in [4.78, 5) is 23.4. The van der Waals surface area contributed by atoms with Gasteiger partial charge in [-0.25, -0.2) is 0 Å². The molecule has 0 bridgehead atoms. The van der Waals surface area contributed by atoms with Crippen LogP contribution in [0.5, 0.6) is 5.75 Å². The molecule has 0 aliphatic heterocycles. The third-order valence-corrected chi connectivity index (χ3v) is 4.89. The van der Waals surface area contributed by atoms with Gasteiger partial charge < -0.3 is 10.1 Å². The third kappa shape index (κ3) is 5.39. The zero-order valence-corrected chi connectivity index (χ0v) is 15.9. The van der Waals surface area contributed by atoms with E-state index in [1.807, 2.05) is 18.2 Å². The van der Waals surface area contributed by atoms with Crippen LogP contribution in [0.1, 0.15) is 22.8 Å². The van der Waals surface area contributed by atoms with Crippen LogP contribution >= 0.6 is 27.7 Å². The molecular weight excluding hydrogens is 390 g/mol. The normalized spacial score (nSPS) is 10.3. The molecule has 2 rings (SSSR count). The number of Topliss-reactive ketones (excluding diaryl/α,β-unsaturated/α-hetero) is 1. The first-order valence-corrected chi connectivity index (χ1v) is 9.25. The van der Waals surface area contributed by atoms with Gasteiger partial charge in [-0.05, 0) is 52.7 Å². The molecule has 0 saturated carbocycles. The average molecular weight is 408 g/mol. The molecule has 0 unspecified atom stereocenters. The summed E-state index contributed by atoms with van der Waals surface area (Å²) in [5.74, 6) is 1.74. The van der Waals surface area contributed by atoms with Crippen LogP contribution in [-0.4, -0.2) is 24.6 Å². The maximum Gasteiger partial charge on any atom is 0.234 e. The van der Waals surface area contributed by atoms with E-state index in [1.54, 1.807) is 31.4 Å². The minimum absolute atomic E-state index is 0.0226. The second kappa shape index (κ2) is 8.89. The summed E-state index contributed by atoms with van der Waals surface area (Å²) >= 11 is 4.98. The molecule has 1 amide bonds. The summed E-state index contributed by atoms with van der Waals surface area (Å²) in [6.07, 6.45) is 0. The maximum absolute atomic E-state index is 12.0. The van der Waals surface area contributed by atoms with Crippen molar-refractivity contribution in [1.82, 2.24) is 0 Å². The molecule has 0 atom stereocenters. The van der Waals surface area contributed by atoms with Crippen molar-refractivity contribution in [2.45, 2.75) is 12.7 Å². The number of thioether (sulfide) groups is 1. The molecule has 24 heavy (non-hydrogen) atoms. The Balaban J connectivity index is 1.84. The van der Waals surface area contributed by atoms with Crippen molar-refractivity contribution in [2.75, 3.05) is 18.2 Å². The van der Waals surface area contributed by atoms with Crippen LogP contribution < -0.4 is 10.1 Å². The van der Waals surface area contributed by atoms with E-state index in [2.05, 4.69) is 21.2 Å². The third-order valence-electron chi connectivity index (χ3n) is 3.27. The Bertz CT molecular complexity index is 749. The van der Waals surface area contributed by atoms with E-state index < -0.39 is 0 Å². The van der Waals surface area contributed by atoms with Crippen molar-refractivity contribution >= 4 is 45.1 Å². The Morgan fingerprint density at radius 3 is 2.67 bits per heavy atom. The van der Waals surface area contributed by atoms with Gasteiger partial charge in [0, 0.05) is 17.0 Å². The van der Waals surface area contributed by atoms with Crippen LogP contribution in [0.2, 0.25) is 0 Å². The van der Waals surface area contributed by atoms with Gasteiger partial charge in [0.1, 0.15) is 5.75 Å². The van der Waals surface area contributed by atoms with Gasteiger partial charge in [0.2, 0.25) is 5.91 Å². The number of ketones is 1. The van der Waals surface area contributed by atoms with Crippen LogP contribution in [0.4, 0.5) is 5.69 Å². The van der Waals surface area contributed by atoms with Crippen LogP contribution in [0.3, 0.4) is 0 Å². The quantitative estimate of drug-likeness (QED) is 0.684. The predicted molar refractivity (Wildman–Crippen MR) is 102 cm³/mol. The number of methoxy groups -OCH3 is 1. The van der Waals surface area contributed by atoms with Gasteiger partial charge in [0.25, 0.3) is 0 Å². The fraction of sp³-hybridized carbons (Fsp3) is 0.222. The molecule has 6 heteroatoms. The fourth-order valence-corrected chi connectivity index (χ4v) is 3.44. The first-order chi connectivity index (χ1) is 11.5. The number of rotatable bonds is 7. The summed E-state index contributed by atoms with van der Waals surface area (Å²) in [5, 5.41) is 2.81. The average Bonchev–Trinajstić information content (AvgIpc) is 2.55. The summed E-state index contributed by atoms with van der Waals surface area (Å²) in [6, 6.07) is 12.8. The van der Waals surface area contributed by atoms with Gasteiger partial charge in [-0.1, -0.05) is 18.2 Å². The Hall–Kier alpha value is -1.79. The lowest BCUT2D eigenvalue weighted by Gasteiger charge is -2.08. The molecule has 1 N–H and O–H groups in total. The predicted octanol–water partition coefficient (Wildman–Crippen LogP) is 4.53. The molecule has 4 nitrogen and oxygen atoms in total. The molecular formula is C18H18BrNO3S. The number of halogens is 1. The van der Waals surface area contributed by atoms with Crippen molar-refractivity contribution in [3.8, 4) is 5.75 Å². The van der Waals surface area contributed by atoms with E-state index in [0.29, 0.717) is 17.0 Å². The number of nitrogens with one attached hydrogen (secondary N) is 1. The Morgan fingerprint density at radius 2 is 2.00 bits per heavy atom. The molecule has 0 fully saturated rings. The standard InChI is InChI=1S/C18H18BrNO3S/c1-12(21)14-4-3-5-15(9-14)20-18(22)11-24-10-13-6-7-17(23-2)16(19)8-13/h3-9H,10-11H2,1-2H3,(H,20,22). The van der Waals surface area contributed by atoms with Gasteiger partial charge in [0.15, 0.2) is 5.78 Å². The van der Waals surface area contributed by atoms with Crippen LogP contribution in [0.15, 0.2) is 46.9 Å². The molecule has 0 aliphatic rings. The van der Waals surface area contributed by atoms with E-state index >= 15 is 0 Å². The molecule has 0 aliphatic carbocycles. The van der Waals surface area contributed by atoms with Gasteiger partial charge >= 0.3 is 0 Å². The van der Waals surface area contributed by atoms with Crippen molar-refractivity contribution in [1.29, 1.82) is 0 Å². The number of benzene rings is 2. The van der Waals surface area contributed by atoms with E-state index in [-0.39, 0.29) is 11.7 Å². The molecule has 126 valence electrons. The zero-order valence-electron chi connectivity index (χ0n) is 13.5.